The summed E-state index contributed by atoms with van der Waals surface area (Å²) in [4.78, 5) is 21.0. The maximum absolute atomic E-state index is 12.0. The van der Waals surface area contributed by atoms with Gasteiger partial charge in [-0.05, 0) is 31.2 Å². The third-order valence-corrected chi connectivity index (χ3v) is 4.63. The van der Waals surface area contributed by atoms with Gasteiger partial charge in [-0.1, -0.05) is 24.3 Å². The molecule has 2 aromatic rings. The first kappa shape index (κ1) is 16.4. The van der Waals surface area contributed by atoms with Crippen LogP contribution in [0.5, 0.6) is 11.5 Å². The third-order valence-electron chi connectivity index (χ3n) is 4.63. The molecule has 0 bridgehead atoms. The lowest BCUT2D eigenvalue weighted by molar-refractivity contribution is 0.170. The number of hydrogen-bond acceptors (Lipinski definition) is 4. The third kappa shape index (κ3) is 3.10. The minimum absolute atomic E-state index is 0.00374. The topological polar surface area (TPSA) is 57.2 Å². The molecule has 0 spiro atoms. The number of nitrogens with one attached hydrogen (secondary N) is 1. The van der Waals surface area contributed by atoms with Crippen molar-refractivity contribution in [1.82, 2.24) is 15.1 Å². The predicted molar refractivity (Wildman–Crippen MR) is 101 cm³/mol. The number of hydrogen-bond donors (Lipinski definition) is 1. The number of nitrogens with zero attached hydrogens (tertiary/aromatic N) is 3. The summed E-state index contributed by atoms with van der Waals surface area (Å²) < 4.78 is 6.10. The second-order valence-corrected chi connectivity index (χ2v) is 6.31. The second kappa shape index (κ2) is 7.07. The Balaban J connectivity index is 1.63. The Labute approximate surface area is 153 Å². The zero-order chi connectivity index (χ0) is 17.9. The molecule has 0 saturated carbocycles. The van der Waals surface area contributed by atoms with E-state index in [0.29, 0.717) is 19.6 Å². The number of carbonyl (C=O) groups is 1. The molecule has 1 fully saturated rings. The molecule has 1 N–H and O–H groups in total. The van der Waals surface area contributed by atoms with Gasteiger partial charge >= 0.3 is 6.03 Å². The summed E-state index contributed by atoms with van der Waals surface area (Å²) in [5.74, 6) is 2.47. The molecule has 0 aliphatic carbocycles. The van der Waals surface area contributed by atoms with Gasteiger partial charge in [0.05, 0.1) is 5.56 Å². The number of para-hydroxylation sites is 3. The maximum Gasteiger partial charge on any atom is 0.317 e. The van der Waals surface area contributed by atoms with E-state index in [2.05, 4.69) is 10.2 Å². The van der Waals surface area contributed by atoms with Gasteiger partial charge in [0.2, 0.25) is 0 Å². The molecule has 2 aromatic carbocycles. The number of ether oxygens (including phenoxy) is 1. The Morgan fingerprint density at radius 3 is 2.50 bits per heavy atom. The molecule has 2 aliphatic heterocycles. The molecule has 134 valence electrons. The van der Waals surface area contributed by atoms with E-state index < -0.39 is 0 Å². The normalized spacial score (nSPS) is 16.0. The highest BCUT2D eigenvalue weighted by Gasteiger charge is 2.27. The van der Waals surface area contributed by atoms with Crippen LogP contribution in [0.3, 0.4) is 0 Å². The van der Waals surface area contributed by atoms with Gasteiger partial charge in [-0.2, -0.15) is 0 Å². The highest BCUT2D eigenvalue weighted by Crippen LogP contribution is 2.37. The van der Waals surface area contributed by atoms with Crippen molar-refractivity contribution < 1.29 is 9.53 Å². The first-order valence-electron chi connectivity index (χ1n) is 8.99. The molecule has 0 unspecified atom stereocenters. The molecule has 6 nitrogen and oxygen atoms in total. The number of carbonyl (C=O) groups excluding carboxylic acids is 1. The Kier molecular flexibility index (Phi) is 4.48. The van der Waals surface area contributed by atoms with Gasteiger partial charge in [0, 0.05) is 32.7 Å². The Bertz CT molecular complexity index is 841. The van der Waals surface area contributed by atoms with E-state index in [1.807, 2.05) is 60.4 Å². The largest absolute Gasteiger partial charge is 0.454 e. The van der Waals surface area contributed by atoms with Crippen LogP contribution in [0, 0.1) is 0 Å². The van der Waals surface area contributed by atoms with Crippen molar-refractivity contribution in [1.29, 1.82) is 0 Å². The number of fused-ring (bicyclic) bond motifs is 2. The standard InChI is InChI=1S/C20H22N4O2/c1-2-21-20(25)24-13-11-23(12-14-24)19-15-7-3-5-9-17(15)26-18-10-6-4-8-16(18)22-19/h3-10H,2,11-14H2,1H3,(H,21,25). The van der Waals surface area contributed by atoms with Crippen LogP contribution < -0.4 is 10.1 Å². The average Bonchev–Trinajstić information content (AvgIpc) is 2.85. The molecule has 0 aromatic heterocycles. The van der Waals surface area contributed by atoms with Crippen LogP contribution in [-0.2, 0) is 0 Å². The summed E-state index contributed by atoms with van der Waals surface area (Å²) >= 11 is 0. The van der Waals surface area contributed by atoms with Crippen LogP contribution in [0.1, 0.15) is 12.5 Å². The molecule has 4 rings (SSSR count). The lowest BCUT2D eigenvalue weighted by Crippen LogP contribution is -2.53. The van der Waals surface area contributed by atoms with E-state index in [9.17, 15) is 4.79 Å². The summed E-state index contributed by atoms with van der Waals surface area (Å²) in [6, 6.07) is 15.8. The molecule has 2 heterocycles. The number of aliphatic imine (C=N–C) groups is 1. The van der Waals surface area contributed by atoms with Crippen molar-refractivity contribution in [2.24, 2.45) is 4.99 Å². The minimum Gasteiger partial charge on any atom is -0.454 e. The molecular weight excluding hydrogens is 328 g/mol. The second-order valence-electron chi connectivity index (χ2n) is 6.31. The fourth-order valence-corrected chi connectivity index (χ4v) is 3.29. The number of rotatable bonds is 1. The molecule has 0 atom stereocenters. The molecule has 6 heteroatoms. The minimum atomic E-state index is 0.00374. The molecule has 2 amide bonds. The van der Waals surface area contributed by atoms with Crippen LogP contribution in [0.4, 0.5) is 10.5 Å². The van der Waals surface area contributed by atoms with Crippen LogP contribution in [0.25, 0.3) is 0 Å². The van der Waals surface area contributed by atoms with Crippen LogP contribution in [-0.4, -0.2) is 54.4 Å². The maximum atomic E-state index is 12.0. The van der Waals surface area contributed by atoms with Crippen LogP contribution in [0.15, 0.2) is 53.5 Å². The molecular formula is C20H22N4O2. The highest BCUT2D eigenvalue weighted by atomic mass is 16.5. The summed E-state index contributed by atoms with van der Waals surface area (Å²) in [5.41, 5.74) is 1.81. The number of urea groups is 1. The van der Waals surface area contributed by atoms with Gasteiger partial charge < -0.3 is 19.9 Å². The van der Waals surface area contributed by atoms with Crippen molar-refractivity contribution in [2.75, 3.05) is 32.7 Å². The first-order chi connectivity index (χ1) is 12.8. The average molecular weight is 350 g/mol. The number of piperazine rings is 1. The molecule has 0 radical (unpaired) electrons. The zero-order valence-electron chi connectivity index (χ0n) is 14.8. The number of benzene rings is 2. The SMILES string of the molecule is CCNC(=O)N1CCN(C2=Nc3ccccc3Oc3ccccc32)CC1. The molecule has 1 saturated heterocycles. The van der Waals surface area contributed by atoms with Gasteiger partial charge in [0.25, 0.3) is 0 Å². The summed E-state index contributed by atoms with van der Waals surface area (Å²) in [5, 5.41) is 2.87. The van der Waals surface area contributed by atoms with E-state index in [0.717, 1.165) is 41.7 Å². The Morgan fingerprint density at radius 2 is 1.73 bits per heavy atom. The van der Waals surface area contributed by atoms with Crippen molar-refractivity contribution >= 4 is 17.6 Å². The van der Waals surface area contributed by atoms with Crippen LogP contribution in [0.2, 0.25) is 0 Å². The summed E-state index contributed by atoms with van der Waals surface area (Å²) in [7, 11) is 0. The molecule has 26 heavy (non-hydrogen) atoms. The number of amides is 2. The van der Waals surface area contributed by atoms with Crippen molar-refractivity contribution in [3.8, 4) is 11.5 Å². The first-order valence-corrected chi connectivity index (χ1v) is 8.99. The quantitative estimate of drug-likeness (QED) is 0.859. The van der Waals surface area contributed by atoms with E-state index in [1.165, 1.54) is 0 Å². The monoisotopic (exact) mass is 350 g/mol. The lowest BCUT2D eigenvalue weighted by atomic mass is 10.1. The summed E-state index contributed by atoms with van der Waals surface area (Å²) in [6.07, 6.45) is 0. The Morgan fingerprint density at radius 1 is 1.04 bits per heavy atom. The lowest BCUT2D eigenvalue weighted by Gasteiger charge is -2.36. The van der Waals surface area contributed by atoms with Gasteiger partial charge in [-0.15, -0.1) is 0 Å². The highest BCUT2D eigenvalue weighted by molar-refractivity contribution is 6.03. The Hall–Kier alpha value is -3.02. The van der Waals surface area contributed by atoms with E-state index in [4.69, 9.17) is 9.73 Å². The van der Waals surface area contributed by atoms with E-state index in [1.54, 1.807) is 0 Å². The van der Waals surface area contributed by atoms with E-state index >= 15 is 0 Å². The summed E-state index contributed by atoms with van der Waals surface area (Å²) in [6.45, 7) is 5.42. The molecule has 2 aliphatic rings. The van der Waals surface area contributed by atoms with E-state index in [-0.39, 0.29) is 6.03 Å². The van der Waals surface area contributed by atoms with Crippen molar-refractivity contribution in [3.63, 3.8) is 0 Å². The smallest absolute Gasteiger partial charge is 0.317 e. The fraction of sp³-hybridized carbons (Fsp3) is 0.300. The van der Waals surface area contributed by atoms with Crippen molar-refractivity contribution in [3.05, 3.63) is 54.1 Å². The predicted octanol–water partition coefficient (Wildman–Crippen LogP) is 3.22. The van der Waals surface area contributed by atoms with Gasteiger partial charge in [-0.25, -0.2) is 9.79 Å². The zero-order valence-corrected chi connectivity index (χ0v) is 14.8. The van der Waals surface area contributed by atoms with Gasteiger partial charge in [0.1, 0.15) is 17.3 Å². The number of amidine groups is 1. The van der Waals surface area contributed by atoms with Crippen LogP contribution >= 0.6 is 0 Å². The van der Waals surface area contributed by atoms with Gasteiger partial charge in [0.15, 0.2) is 5.75 Å². The van der Waals surface area contributed by atoms with Crippen molar-refractivity contribution in [2.45, 2.75) is 6.92 Å². The van der Waals surface area contributed by atoms with Gasteiger partial charge in [-0.3, -0.25) is 0 Å². The fourth-order valence-electron chi connectivity index (χ4n) is 3.29.